The van der Waals surface area contributed by atoms with Gasteiger partial charge in [0.25, 0.3) is 0 Å². The number of ether oxygens (including phenoxy) is 5. The van der Waals surface area contributed by atoms with E-state index in [4.69, 9.17) is 23.7 Å². The molecule has 4 rings (SSSR count). The molecule has 0 radical (unpaired) electrons. The van der Waals surface area contributed by atoms with Crippen molar-refractivity contribution in [1.82, 2.24) is 4.90 Å². The minimum Gasteiger partial charge on any atom is -0.462 e. The first-order chi connectivity index (χ1) is 20.5. The van der Waals surface area contributed by atoms with Crippen LogP contribution in [0.2, 0.25) is 0 Å². The Labute approximate surface area is 261 Å². The fourth-order valence-electron chi connectivity index (χ4n) is 8.01. The van der Waals surface area contributed by atoms with E-state index in [1.54, 1.807) is 0 Å². The van der Waals surface area contributed by atoms with Crippen LogP contribution in [0, 0.1) is 23.7 Å². The Morgan fingerprint density at radius 3 is 2.09 bits per heavy atom. The van der Waals surface area contributed by atoms with Gasteiger partial charge in [0, 0.05) is 24.3 Å². The van der Waals surface area contributed by atoms with Gasteiger partial charge in [-0.2, -0.15) is 0 Å². The maximum atomic E-state index is 13.7. The van der Waals surface area contributed by atoms with E-state index in [9.17, 15) is 9.59 Å². The molecule has 8 nitrogen and oxygen atoms in total. The third-order valence-corrected chi connectivity index (χ3v) is 11.0. The van der Waals surface area contributed by atoms with Gasteiger partial charge in [-0.1, -0.05) is 40.5 Å². The number of fused-ring (bicyclic) bond motifs is 4. The highest BCUT2D eigenvalue weighted by molar-refractivity contribution is 5.73. The smallest absolute Gasteiger partial charge is 0.311 e. The fourth-order valence-corrected chi connectivity index (χ4v) is 8.01. The Morgan fingerprint density at radius 1 is 0.767 bits per heavy atom. The Kier molecular flexibility index (Phi) is 12.8. The second-order valence-electron chi connectivity index (χ2n) is 14.5. The summed E-state index contributed by atoms with van der Waals surface area (Å²) in [5.41, 5.74) is 0. The topological polar surface area (TPSA) is 83.5 Å². The second-order valence-corrected chi connectivity index (χ2v) is 14.5. The van der Waals surface area contributed by atoms with Gasteiger partial charge in [0.2, 0.25) is 0 Å². The number of hydrogen-bond acceptors (Lipinski definition) is 8. The van der Waals surface area contributed by atoms with Crippen molar-refractivity contribution in [1.29, 1.82) is 0 Å². The fraction of sp³-hybridized carbons (Fsp3) is 0.943. The van der Waals surface area contributed by atoms with E-state index in [2.05, 4.69) is 46.7 Å². The number of cyclic esters (lactones) is 2. The van der Waals surface area contributed by atoms with Crippen LogP contribution in [0.1, 0.15) is 119 Å². The van der Waals surface area contributed by atoms with Crippen molar-refractivity contribution >= 4 is 11.9 Å². The number of esters is 2. The van der Waals surface area contributed by atoms with Crippen LogP contribution in [-0.2, 0) is 33.3 Å². The molecule has 4 aliphatic heterocycles. The molecule has 0 unspecified atom stereocenters. The average Bonchev–Trinajstić information content (AvgIpc) is 3.75. The molecule has 0 aromatic rings. The van der Waals surface area contributed by atoms with E-state index < -0.39 is 0 Å². The molecule has 13 atom stereocenters. The maximum absolute atomic E-state index is 13.7. The first-order valence-electron chi connectivity index (χ1n) is 17.6. The number of carbonyl (C=O) groups is 2. The lowest BCUT2D eigenvalue weighted by molar-refractivity contribution is -0.175. The Bertz CT molecular complexity index is 897. The van der Waals surface area contributed by atoms with Crippen molar-refractivity contribution in [3.05, 3.63) is 0 Å². The van der Waals surface area contributed by atoms with Crippen molar-refractivity contribution in [2.45, 2.75) is 173 Å². The van der Waals surface area contributed by atoms with Gasteiger partial charge in [0.15, 0.2) is 0 Å². The van der Waals surface area contributed by atoms with Crippen LogP contribution in [0.25, 0.3) is 0 Å². The molecule has 4 aliphatic rings. The summed E-state index contributed by atoms with van der Waals surface area (Å²) in [6.07, 6.45) is 10.3. The molecule has 4 saturated heterocycles. The van der Waals surface area contributed by atoms with Gasteiger partial charge in [0.05, 0.1) is 48.5 Å². The third-order valence-electron chi connectivity index (χ3n) is 11.0. The standard InChI is InChI=1S/C35H61NO7/c1-9-11-25(36(7)8)19-27-13-15-29(39-27)21(3)33-22(4)30-17-18-32(42-30)24(6)34(37)41-26(12-10-2)20-28-14-16-31(40-28)23(5)35(38)43-33/h21-33H,9-20H2,1-8H3/t21-,22+,23+,24-,25+,26-,27-,28+,29+,30+,31-,32-,33-/m0/s1. The quantitative estimate of drug-likeness (QED) is 0.282. The minimum absolute atomic E-state index is 0.0175. The number of carbonyl (C=O) groups excluding carboxylic acids is 2. The highest BCUT2D eigenvalue weighted by Gasteiger charge is 2.46. The molecule has 0 aliphatic carbocycles. The SMILES string of the molecule is CCC[C@H]1C[C@H]2CC[C@H](O2)[C@@H](C)C(=O)O[C@@H]([C@@H](C)[C@H]2CC[C@@H](C[C@@H](CCC)N(C)C)O2)[C@H](C)[C@H]2CC[C@H](O2)[C@H](C)C(=O)O1. The van der Waals surface area contributed by atoms with Crippen molar-refractivity contribution in [3.8, 4) is 0 Å². The van der Waals surface area contributed by atoms with E-state index in [0.29, 0.717) is 12.5 Å². The van der Waals surface area contributed by atoms with Gasteiger partial charge in [-0.3, -0.25) is 9.59 Å². The first kappa shape index (κ1) is 34.6. The molecule has 0 amide bonds. The molecular weight excluding hydrogens is 546 g/mol. The van der Waals surface area contributed by atoms with E-state index in [-0.39, 0.29) is 84.4 Å². The van der Waals surface area contributed by atoms with Gasteiger partial charge in [-0.05, 0) is 85.7 Å². The maximum Gasteiger partial charge on any atom is 0.311 e. The molecule has 0 aromatic heterocycles. The van der Waals surface area contributed by atoms with E-state index in [0.717, 1.165) is 70.6 Å². The molecule has 4 heterocycles. The van der Waals surface area contributed by atoms with Crippen LogP contribution in [0.5, 0.6) is 0 Å². The van der Waals surface area contributed by atoms with E-state index in [1.165, 1.54) is 0 Å². The molecule has 43 heavy (non-hydrogen) atoms. The lowest BCUT2D eigenvalue weighted by atomic mass is 9.84. The van der Waals surface area contributed by atoms with Crippen molar-refractivity contribution in [3.63, 3.8) is 0 Å². The normalized spacial score (nSPS) is 40.8. The Balaban J connectivity index is 1.51. The average molecular weight is 608 g/mol. The predicted molar refractivity (Wildman–Crippen MR) is 167 cm³/mol. The van der Waals surface area contributed by atoms with Crippen LogP contribution in [-0.4, -0.2) is 85.8 Å². The van der Waals surface area contributed by atoms with Gasteiger partial charge in [-0.15, -0.1) is 0 Å². The van der Waals surface area contributed by atoms with Gasteiger partial charge in [-0.25, -0.2) is 0 Å². The summed E-state index contributed by atoms with van der Waals surface area (Å²) >= 11 is 0. The van der Waals surface area contributed by atoms with Gasteiger partial charge in [0.1, 0.15) is 12.2 Å². The summed E-state index contributed by atoms with van der Waals surface area (Å²) in [5.74, 6) is -1.08. The minimum atomic E-state index is -0.364. The summed E-state index contributed by atoms with van der Waals surface area (Å²) in [7, 11) is 4.32. The molecule has 8 heteroatoms. The molecule has 0 aromatic carbocycles. The highest BCUT2D eigenvalue weighted by atomic mass is 16.6. The monoisotopic (exact) mass is 607 g/mol. The lowest BCUT2D eigenvalue weighted by Crippen LogP contribution is -2.44. The molecule has 0 saturated carbocycles. The molecule has 0 N–H and O–H groups in total. The van der Waals surface area contributed by atoms with Crippen LogP contribution < -0.4 is 0 Å². The molecule has 0 spiro atoms. The van der Waals surface area contributed by atoms with Crippen molar-refractivity contribution in [2.75, 3.05) is 14.1 Å². The van der Waals surface area contributed by atoms with Gasteiger partial charge < -0.3 is 28.6 Å². The van der Waals surface area contributed by atoms with Crippen LogP contribution in [0.3, 0.4) is 0 Å². The number of nitrogens with zero attached hydrogens (tertiary/aromatic N) is 1. The van der Waals surface area contributed by atoms with Crippen LogP contribution in [0.4, 0.5) is 0 Å². The van der Waals surface area contributed by atoms with Gasteiger partial charge >= 0.3 is 11.9 Å². The Morgan fingerprint density at radius 2 is 1.42 bits per heavy atom. The zero-order valence-electron chi connectivity index (χ0n) is 28.3. The lowest BCUT2D eigenvalue weighted by Gasteiger charge is -2.36. The number of rotatable bonds is 9. The predicted octanol–water partition coefficient (Wildman–Crippen LogP) is 6.32. The van der Waals surface area contributed by atoms with E-state index >= 15 is 0 Å². The highest BCUT2D eigenvalue weighted by Crippen LogP contribution is 2.39. The van der Waals surface area contributed by atoms with Crippen LogP contribution in [0.15, 0.2) is 0 Å². The first-order valence-corrected chi connectivity index (χ1v) is 17.6. The summed E-state index contributed by atoms with van der Waals surface area (Å²) in [5, 5.41) is 0. The zero-order chi connectivity index (χ0) is 31.3. The Hall–Kier alpha value is -1.22. The second kappa shape index (κ2) is 15.9. The van der Waals surface area contributed by atoms with Crippen LogP contribution >= 0.6 is 0 Å². The summed E-state index contributed by atoms with van der Waals surface area (Å²) in [4.78, 5) is 29.3. The molecule has 248 valence electrons. The summed E-state index contributed by atoms with van der Waals surface area (Å²) < 4.78 is 32.2. The largest absolute Gasteiger partial charge is 0.462 e. The molecular formula is C35H61NO7. The van der Waals surface area contributed by atoms with E-state index in [1.807, 2.05) is 13.8 Å². The third kappa shape index (κ3) is 8.74. The number of hydrogen-bond donors (Lipinski definition) is 0. The van der Waals surface area contributed by atoms with Crippen molar-refractivity contribution in [2.24, 2.45) is 23.7 Å². The summed E-state index contributed by atoms with van der Waals surface area (Å²) in [6, 6.07) is 0.509. The van der Waals surface area contributed by atoms with Crippen molar-refractivity contribution < 1.29 is 33.3 Å². The summed E-state index contributed by atoms with van der Waals surface area (Å²) in [6.45, 7) is 12.6. The molecule has 4 fully saturated rings. The molecule has 4 bridgehead atoms. The zero-order valence-corrected chi connectivity index (χ0v) is 28.3.